The van der Waals surface area contributed by atoms with Crippen LogP contribution in [0.25, 0.3) is 0 Å². The van der Waals surface area contributed by atoms with Crippen LogP contribution in [0.5, 0.6) is 0 Å². The van der Waals surface area contributed by atoms with E-state index in [1.165, 1.54) is 12.8 Å². The smallest absolute Gasteiger partial charge is 0.220 e. The molecule has 1 saturated carbocycles. The molecule has 1 aliphatic carbocycles. The molecule has 0 aromatic heterocycles. The Labute approximate surface area is 113 Å². The molecule has 1 aliphatic heterocycles. The van der Waals surface area contributed by atoms with Gasteiger partial charge in [-0.05, 0) is 25.7 Å². The molecule has 1 atom stereocenters. The van der Waals surface area contributed by atoms with Gasteiger partial charge in [0, 0.05) is 18.5 Å². The minimum Gasteiger partial charge on any atom is -0.370 e. The average molecular weight is 338 g/mol. The largest absolute Gasteiger partial charge is 0.370 e. The van der Waals surface area contributed by atoms with Crippen LogP contribution in [-0.2, 0) is 4.79 Å². The Morgan fingerprint density at radius 2 is 2.25 bits per heavy atom. The fourth-order valence-electron chi connectivity index (χ4n) is 1.71. The van der Waals surface area contributed by atoms with Gasteiger partial charge in [0.1, 0.15) is 0 Å². The normalized spacial score (nSPS) is 25.6. The zero-order chi connectivity index (χ0) is 10.7. The first-order valence-corrected chi connectivity index (χ1v) is 5.60. The van der Waals surface area contributed by atoms with Crippen LogP contribution in [0.15, 0.2) is 4.99 Å². The van der Waals surface area contributed by atoms with Crippen molar-refractivity contribution in [3.8, 4) is 0 Å². The molecule has 0 aromatic rings. The predicted molar refractivity (Wildman–Crippen MR) is 73.8 cm³/mol. The summed E-state index contributed by atoms with van der Waals surface area (Å²) in [7, 11) is 0. The Morgan fingerprint density at radius 1 is 1.50 bits per heavy atom. The van der Waals surface area contributed by atoms with Crippen LogP contribution in [0.1, 0.15) is 32.1 Å². The van der Waals surface area contributed by atoms with Crippen molar-refractivity contribution in [2.45, 2.75) is 44.2 Å². The summed E-state index contributed by atoms with van der Waals surface area (Å²) in [6.07, 6.45) is 5.00. The molecule has 1 amide bonds. The molecule has 0 radical (unpaired) electrons. The maximum Gasteiger partial charge on any atom is 0.220 e. The summed E-state index contributed by atoms with van der Waals surface area (Å²) < 4.78 is 0. The number of halogens is 1. The summed E-state index contributed by atoms with van der Waals surface area (Å²) in [6, 6.07) is 0.709. The monoisotopic (exact) mass is 338 g/mol. The first-order valence-electron chi connectivity index (χ1n) is 5.60. The average Bonchev–Trinajstić information content (AvgIpc) is 2.99. The quantitative estimate of drug-likeness (QED) is 0.394. The number of nitrogens with zero attached hydrogens (tertiary/aromatic N) is 1. The van der Waals surface area contributed by atoms with Crippen molar-refractivity contribution in [2.24, 2.45) is 10.7 Å². The van der Waals surface area contributed by atoms with Crippen LogP contribution in [0, 0.1) is 0 Å². The van der Waals surface area contributed by atoms with Gasteiger partial charge in [-0.3, -0.25) is 9.79 Å². The summed E-state index contributed by atoms with van der Waals surface area (Å²) in [5.41, 5.74) is 5.69. The highest BCUT2D eigenvalue weighted by Crippen LogP contribution is 2.18. The van der Waals surface area contributed by atoms with Gasteiger partial charge >= 0.3 is 0 Å². The molecule has 5 nitrogen and oxygen atoms in total. The van der Waals surface area contributed by atoms with E-state index >= 15 is 0 Å². The topological polar surface area (TPSA) is 79.5 Å². The molecule has 1 heterocycles. The van der Waals surface area contributed by atoms with Gasteiger partial charge in [0.15, 0.2) is 5.96 Å². The molecule has 2 fully saturated rings. The maximum absolute atomic E-state index is 11.1. The second-order valence-corrected chi connectivity index (χ2v) is 4.30. The fourth-order valence-corrected chi connectivity index (χ4v) is 1.71. The van der Waals surface area contributed by atoms with Gasteiger partial charge in [-0.1, -0.05) is 0 Å². The number of rotatable bonds is 3. The lowest BCUT2D eigenvalue weighted by molar-refractivity contribution is -0.123. The minimum atomic E-state index is 0. The van der Waals surface area contributed by atoms with E-state index in [9.17, 15) is 4.79 Å². The Hall–Kier alpha value is -0.530. The Morgan fingerprint density at radius 3 is 2.88 bits per heavy atom. The second-order valence-electron chi connectivity index (χ2n) is 4.30. The van der Waals surface area contributed by atoms with E-state index in [2.05, 4.69) is 15.6 Å². The molecule has 4 N–H and O–H groups in total. The number of hydrogen-bond donors (Lipinski definition) is 3. The van der Waals surface area contributed by atoms with Crippen molar-refractivity contribution in [1.29, 1.82) is 0 Å². The summed E-state index contributed by atoms with van der Waals surface area (Å²) in [6.45, 7) is 0.595. The number of hydrogen-bond acceptors (Lipinski definition) is 2. The van der Waals surface area contributed by atoms with Gasteiger partial charge < -0.3 is 16.4 Å². The number of nitrogens with two attached hydrogens (primary N) is 1. The van der Waals surface area contributed by atoms with Gasteiger partial charge in [0.05, 0.1) is 6.54 Å². The van der Waals surface area contributed by atoms with Crippen LogP contribution in [0.4, 0.5) is 0 Å². The highest BCUT2D eigenvalue weighted by Gasteiger charge is 2.22. The van der Waals surface area contributed by atoms with Gasteiger partial charge in [0.25, 0.3) is 0 Å². The number of amides is 1. The molecule has 0 aromatic carbocycles. The Kier molecular flexibility index (Phi) is 5.30. The molecule has 0 bridgehead atoms. The highest BCUT2D eigenvalue weighted by molar-refractivity contribution is 14.0. The fraction of sp³-hybridized carbons (Fsp3) is 0.800. The molecule has 1 saturated heterocycles. The van der Waals surface area contributed by atoms with Crippen molar-refractivity contribution in [1.82, 2.24) is 10.6 Å². The van der Waals surface area contributed by atoms with Crippen molar-refractivity contribution >= 4 is 35.8 Å². The van der Waals surface area contributed by atoms with E-state index in [0.29, 0.717) is 25.0 Å². The zero-order valence-corrected chi connectivity index (χ0v) is 11.6. The third kappa shape index (κ3) is 4.54. The molecule has 2 aliphatic rings. The van der Waals surface area contributed by atoms with Gasteiger partial charge in [-0.25, -0.2) is 0 Å². The van der Waals surface area contributed by atoms with Crippen molar-refractivity contribution in [3.05, 3.63) is 0 Å². The number of carbonyl (C=O) groups is 1. The molecule has 6 heteroatoms. The number of piperidine rings is 1. The standard InChI is InChI=1S/C10H18N4O.HI/c11-10(14-7-4-5-7)12-6-8-2-1-3-9(15)13-8;/h7-8H,1-6H2,(H,13,15)(H3,11,12,14);1H. The molecule has 0 spiro atoms. The molecule has 16 heavy (non-hydrogen) atoms. The van der Waals surface area contributed by atoms with Gasteiger partial charge in [-0.2, -0.15) is 0 Å². The van der Waals surface area contributed by atoms with Crippen LogP contribution in [0.2, 0.25) is 0 Å². The lowest BCUT2D eigenvalue weighted by Crippen LogP contribution is -2.42. The molecule has 92 valence electrons. The van der Waals surface area contributed by atoms with Gasteiger partial charge in [0.2, 0.25) is 5.91 Å². The highest BCUT2D eigenvalue weighted by atomic mass is 127. The number of carbonyl (C=O) groups excluding carboxylic acids is 1. The summed E-state index contributed by atoms with van der Waals surface area (Å²) in [4.78, 5) is 15.3. The van der Waals surface area contributed by atoms with Crippen LogP contribution >= 0.6 is 24.0 Å². The van der Waals surface area contributed by atoms with E-state index in [4.69, 9.17) is 5.73 Å². The third-order valence-corrected chi connectivity index (χ3v) is 2.73. The van der Waals surface area contributed by atoms with E-state index in [1.807, 2.05) is 0 Å². The molecular weight excluding hydrogens is 319 g/mol. The SMILES string of the molecule is I.NC(=NCC1CCCC(=O)N1)NC1CC1. The van der Waals surface area contributed by atoms with Crippen molar-refractivity contribution < 1.29 is 4.79 Å². The summed E-state index contributed by atoms with van der Waals surface area (Å²) >= 11 is 0. The first-order chi connectivity index (χ1) is 7.24. The van der Waals surface area contributed by atoms with E-state index < -0.39 is 0 Å². The zero-order valence-electron chi connectivity index (χ0n) is 9.24. The summed E-state index contributed by atoms with van der Waals surface area (Å²) in [5, 5.41) is 6.03. The Bertz CT molecular complexity index is 278. The van der Waals surface area contributed by atoms with Crippen molar-refractivity contribution in [3.63, 3.8) is 0 Å². The lowest BCUT2D eigenvalue weighted by atomic mass is 10.0. The van der Waals surface area contributed by atoms with Crippen LogP contribution in [0.3, 0.4) is 0 Å². The Balaban J connectivity index is 0.00000128. The minimum absolute atomic E-state index is 0. The lowest BCUT2D eigenvalue weighted by Gasteiger charge is -2.21. The first kappa shape index (κ1) is 13.5. The molecule has 1 unspecified atom stereocenters. The van der Waals surface area contributed by atoms with Crippen LogP contribution in [-0.4, -0.2) is 30.5 Å². The third-order valence-electron chi connectivity index (χ3n) is 2.73. The number of guanidine groups is 1. The predicted octanol–water partition coefficient (Wildman–Crippen LogP) is 0.340. The van der Waals surface area contributed by atoms with Gasteiger partial charge in [-0.15, -0.1) is 24.0 Å². The summed E-state index contributed by atoms with van der Waals surface area (Å²) in [5.74, 6) is 0.646. The van der Waals surface area contributed by atoms with Crippen LogP contribution < -0.4 is 16.4 Å². The second kappa shape index (κ2) is 6.27. The number of nitrogens with one attached hydrogen (secondary N) is 2. The van der Waals surface area contributed by atoms with E-state index in [-0.39, 0.29) is 35.9 Å². The van der Waals surface area contributed by atoms with Crippen molar-refractivity contribution in [2.75, 3.05) is 6.54 Å². The van der Waals surface area contributed by atoms with E-state index in [1.54, 1.807) is 0 Å². The maximum atomic E-state index is 11.1. The number of aliphatic imine (C=N–C) groups is 1. The van der Waals surface area contributed by atoms with E-state index in [0.717, 1.165) is 12.8 Å². The molecular formula is C10H19IN4O. The molecule has 2 rings (SSSR count).